The van der Waals surface area contributed by atoms with Crippen molar-refractivity contribution in [1.29, 1.82) is 0 Å². The first-order valence-electron chi connectivity index (χ1n) is 10.3. The molecular formula is C22H26N6O2. The lowest BCUT2D eigenvalue weighted by molar-refractivity contribution is -0.132. The Labute approximate surface area is 176 Å². The molecule has 1 aliphatic rings. The molecule has 1 fully saturated rings. The van der Waals surface area contributed by atoms with E-state index >= 15 is 0 Å². The van der Waals surface area contributed by atoms with E-state index in [1.807, 2.05) is 66.4 Å². The molecule has 0 radical (unpaired) electrons. The maximum absolute atomic E-state index is 12.7. The van der Waals surface area contributed by atoms with Crippen molar-refractivity contribution in [3.05, 3.63) is 66.0 Å². The zero-order valence-corrected chi connectivity index (χ0v) is 17.1. The van der Waals surface area contributed by atoms with Crippen LogP contribution in [0.2, 0.25) is 0 Å². The van der Waals surface area contributed by atoms with Crippen LogP contribution in [-0.4, -0.2) is 68.7 Å². The van der Waals surface area contributed by atoms with Crippen molar-refractivity contribution in [2.45, 2.75) is 19.9 Å². The maximum atomic E-state index is 12.7. The second kappa shape index (κ2) is 9.49. The second-order valence-corrected chi connectivity index (χ2v) is 7.25. The van der Waals surface area contributed by atoms with E-state index in [0.717, 1.165) is 35.9 Å². The van der Waals surface area contributed by atoms with Gasteiger partial charge in [-0.05, 0) is 47.2 Å². The highest BCUT2D eigenvalue weighted by Crippen LogP contribution is 2.15. The van der Waals surface area contributed by atoms with Gasteiger partial charge in [-0.2, -0.15) is 4.68 Å². The third-order valence-electron chi connectivity index (χ3n) is 5.21. The Morgan fingerprint density at radius 3 is 2.43 bits per heavy atom. The van der Waals surface area contributed by atoms with Gasteiger partial charge in [0.15, 0.2) is 5.82 Å². The largest absolute Gasteiger partial charge is 0.494 e. The van der Waals surface area contributed by atoms with Crippen LogP contribution in [0.3, 0.4) is 0 Å². The minimum atomic E-state index is 0.160. The summed E-state index contributed by atoms with van der Waals surface area (Å²) in [5, 5.41) is 12.1. The standard InChI is InChI=1S/C22H26N6O2/c1-2-30-20-10-8-18(9-11-20)16-22(29)27-14-12-26(13-15-27)17-21-23-24-25-28(21)19-6-4-3-5-7-19/h3-11H,2,12-17H2,1H3. The van der Waals surface area contributed by atoms with E-state index in [1.54, 1.807) is 4.68 Å². The average molecular weight is 406 g/mol. The van der Waals surface area contributed by atoms with Gasteiger partial charge in [0.25, 0.3) is 0 Å². The molecule has 8 nitrogen and oxygen atoms in total. The molecule has 0 bridgehead atoms. The summed E-state index contributed by atoms with van der Waals surface area (Å²) < 4.78 is 7.22. The quantitative estimate of drug-likeness (QED) is 0.597. The zero-order valence-electron chi connectivity index (χ0n) is 17.1. The van der Waals surface area contributed by atoms with Gasteiger partial charge < -0.3 is 9.64 Å². The van der Waals surface area contributed by atoms with E-state index in [1.165, 1.54) is 0 Å². The molecule has 1 aliphatic heterocycles. The van der Waals surface area contributed by atoms with E-state index in [2.05, 4.69) is 20.4 Å². The van der Waals surface area contributed by atoms with Crippen molar-refractivity contribution >= 4 is 5.91 Å². The summed E-state index contributed by atoms with van der Waals surface area (Å²) in [6.07, 6.45) is 0.415. The van der Waals surface area contributed by atoms with E-state index in [-0.39, 0.29) is 5.91 Å². The van der Waals surface area contributed by atoms with Gasteiger partial charge in [-0.15, -0.1) is 5.10 Å². The molecule has 8 heteroatoms. The van der Waals surface area contributed by atoms with E-state index in [0.29, 0.717) is 32.7 Å². The number of carbonyl (C=O) groups is 1. The van der Waals surface area contributed by atoms with Crippen LogP contribution in [0.5, 0.6) is 5.75 Å². The molecule has 156 valence electrons. The van der Waals surface area contributed by atoms with E-state index in [4.69, 9.17) is 4.74 Å². The predicted octanol–water partition coefficient (Wildman–Crippen LogP) is 1.95. The third-order valence-corrected chi connectivity index (χ3v) is 5.21. The molecule has 0 unspecified atom stereocenters. The number of carbonyl (C=O) groups excluding carboxylic acids is 1. The Morgan fingerprint density at radius 2 is 1.73 bits per heavy atom. The SMILES string of the molecule is CCOc1ccc(CC(=O)N2CCN(Cc3nnnn3-c3ccccc3)CC2)cc1. The fraction of sp³-hybridized carbons (Fsp3) is 0.364. The number of aromatic nitrogens is 4. The molecule has 1 saturated heterocycles. The van der Waals surface area contributed by atoms with Crippen LogP contribution < -0.4 is 4.74 Å². The number of para-hydroxylation sites is 1. The number of amides is 1. The lowest BCUT2D eigenvalue weighted by Gasteiger charge is -2.34. The van der Waals surface area contributed by atoms with E-state index < -0.39 is 0 Å². The summed E-state index contributed by atoms with van der Waals surface area (Å²) in [7, 11) is 0. The number of ether oxygens (including phenoxy) is 1. The second-order valence-electron chi connectivity index (χ2n) is 7.25. The Bertz CT molecular complexity index is 949. The van der Waals surface area contributed by atoms with Gasteiger partial charge in [0.1, 0.15) is 5.75 Å². The summed E-state index contributed by atoms with van der Waals surface area (Å²) in [4.78, 5) is 16.9. The van der Waals surface area contributed by atoms with Crippen LogP contribution in [0.15, 0.2) is 54.6 Å². The third kappa shape index (κ3) is 4.83. The molecule has 1 aromatic heterocycles. The first-order valence-corrected chi connectivity index (χ1v) is 10.3. The van der Waals surface area contributed by atoms with Gasteiger partial charge in [0, 0.05) is 26.2 Å². The Hall–Kier alpha value is -3.26. The molecule has 0 spiro atoms. The summed E-state index contributed by atoms with van der Waals surface area (Å²) in [6.45, 7) is 6.28. The smallest absolute Gasteiger partial charge is 0.227 e. The average Bonchev–Trinajstić information content (AvgIpc) is 3.24. The molecule has 0 saturated carbocycles. The van der Waals surface area contributed by atoms with Crippen LogP contribution in [0.25, 0.3) is 5.69 Å². The molecule has 1 amide bonds. The lowest BCUT2D eigenvalue weighted by atomic mass is 10.1. The Morgan fingerprint density at radius 1 is 1.00 bits per heavy atom. The number of hydrogen-bond donors (Lipinski definition) is 0. The molecule has 4 rings (SSSR count). The summed E-state index contributed by atoms with van der Waals surface area (Å²) >= 11 is 0. The Balaban J connectivity index is 1.29. The number of piperazine rings is 1. The van der Waals surface area contributed by atoms with Crippen molar-refractivity contribution < 1.29 is 9.53 Å². The van der Waals surface area contributed by atoms with Crippen LogP contribution >= 0.6 is 0 Å². The van der Waals surface area contributed by atoms with Crippen LogP contribution in [0, 0.1) is 0 Å². The van der Waals surface area contributed by atoms with Gasteiger partial charge in [0.2, 0.25) is 5.91 Å². The summed E-state index contributed by atoms with van der Waals surface area (Å²) in [6, 6.07) is 17.6. The van der Waals surface area contributed by atoms with Crippen LogP contribution in [0.1, 0.15) is 18.3 Å². The first-order chi connectivity index (χ1) is 14.7. The predicted molar refractivity (Wildman–Crippen MR) is 112 cm³/mol. The molecule has 30 heavy (non-hydrogen) atoms. The lowest BCUT2D eigenvalue weighted by Crippen LogP contribution is -2.48. The van der Waals surface area contributed by atoms with Crippen LogP contribution in [-0.2, 0) is 17.8 Å². The highest BCUT2D eigenvalue weighted by molar-refractivity contribution is 5.79. The van der Waals surface area contributed by atoms with Crippen molar-refractivity contribution in [3.8, 4) is 11.4 Å². The van der Waals surface area contributed by atoms with Crippen molar-refractivity contribution in [2.75, 3.05) is 32.8 Å². The number of hydrogen-bond acceptors (Lipinski definition) is 6. The van der Waals surface area contributed by atoms with Gasteiger partial charge in [0.05, 0.1) is 25.3 Å². The maximum Gasteiger partial charge on any atom is 0.227 e. The summed E-state index contributed by atoms with van der Waals surface area (Å²) in [5.41, 5.74) is 1.95. The molecule has 0 atom stereocenters. The number of benzene rings is 2. The van der Waals surface area contributed by atoms with E-state index in [9.17, 15) is 4.79 Å². The molecule has 2 heterocycles. The van der Waals surface area contributed by atoms with Crippen LogP contribution in [0.4, 0.5) is 0 Å². The molecule has 2 aromatic carbocycles. The topological polar surface area (TPSA) is 76.4 Å². The van der Waals surface area contributed by atoms with Gasteiger partial charge >= 0.3 is 0 Å². The number of nitrogens with zero attached hydrogens (tertiary/aromatic N) is 6. The van der Waals surface area contributed by atoms with Gasteiger partial charge in [-0.1, -0.05) is 30.3 Å². The normalized spacial score (nSPS) is 14.6. The minimum absolute atomic E-state index is 0.160. The number of rotatable bonds is 7. The highest BCUT2D eigenvalue weighted by Gasteiger charge is 2.23. The molecule has 3 aromatic rings. The monoisotopic (exact) mass is 406 g/mol. The Kier molecular flexibility index (Phi) is 6.34. The highest BCUT2D eigenvalue weighted by atomic mass is 16.5. The first kappa shape index (κ1) is 20.0. The number of tetrazole rings is 1. The summed E-state index contributed by atoms with van der Waals surface area (Å²) in [5.74, 6) is 1.79. The molecule has 0 N–H and O–H groups in total. The van der Waals surface area contributed by atoms with Crippen molar-refractivity contribution in [2.24, 2.45) is 0 Å². The van der Waals surface area contributed by atoms with Crippen molar-refractivity contribution in [3.63, 3.8) is 0 Å². The zero-order chi connectivity index (χ0) is 20.8. The fourth-order valence-electron chi connectivity index (χ4n) is 3.59. The van der Waals surface area contributed by atoms with Gasteiger partial charge in [-0.25, -0.2) is 0 Å². The molecular weight excluding hydrogens is 380 g/mol. The molecule has 0 aliphatic carbocycles. The minimum Gasteiger partial charge on any atom is -0.494 e. The van der Waals surface area contributed by atoms with Crippen molar-refractivity contribution in [1.82, 2.24) is 30.0 Å². The van der Waals surface area contributed by atoms with Gasteiger partial charge in [-0.3, -0.25) is 9.69 Å². The fourth-order valence-corrected chi connectivity index (χ4v) is 3.59.